The molecule has 0 fully saturated rings. The Morgan fingerprint density at radius 1 is 1.32 bits per heavy atom. The molecule has 1 unspecified atom stereocenters. The van der Waals surface area contributed by atoms with Crippen molar-refractivity contribution >= 4 is 15.9 Å². The number of hydrogen-bond acceptors (Lipinski definition) is 5. The number of benzene rings is 1. The minimum Gasteiger partial charge on any atom is -0.332 e. The van der Waals surface area contributed by atoms with Crippen molar-refractivity contribution in [2.24, 2.45) is 5.73 Å². The van der Waals surface area contributed by atoms with Gasteiger partial charge in [-0.05, 0) is 31.0 Å². The molecule has 1 aromatic carbocycles. The number of aromatic nitrogens is 4. The molecular formula is C15H14BrN5O. The summed E-state index contributed by atoms with van der Waals surface area (Å²) in [5.74, 6) is 0.968. The molecule has 2 aromatic heterocycles. The van der Waals surface area contributed by atoms with Crippen molar-refractivity contribution in [2.45, 2.75) is 25.4 Å². The fourth-order valence-electron chi connectivity index (χ4n) is 2.69. The predicted octanol–water partition coefficient (Wildman–Crippen LogP) is 3.16. The van der Waals surface area contributed by atoms with Crippen molar-refractivity contribution in [2.75, 3.05) is 0 Å². The molecule has 0 radical (unpaired) electrons. The lowest BCUT2D eigenvalue weighted by molar-refractivity contribution is 0.421. The van der Waals surface area contributed by atoms with Crippen LogP contribution in [0.15, 0.2) is 39.3 Å². The fraction of sp³-hybridized carbons (Fsp3) is 0.267. The predicted molar refractivity (Wildman–Crippen MR) is 84.8 cm³/mol. The van der Waals surface area contributed by atoms with Crippen molar-refractivity contribution < 1.29 is 4.52 Å². The van der Waals surface area contributed by atoms with E-state index in [-0.39, 0.29) is 6.04 Å². The molecule has 0 spiro atoms. The summed E-state index contributed by atoms with van der Waals surface area (Å²) in [5, 5.41) is 8.57. The monoisotopic (exact) mass is 359 g/mol. The van der Waals surface area contributed by atoms with Crippen LogP contribution in [0.3, 0.4) is 0 Å². The summed E-state index contributed by atoms with van der Waals surface area (Å²) >= 11 is 3.44. The quantitative estimate of drug-likeness (QED) is 0.759. The number of nitrogens with zero attached hydrogens (tertiary/aromatic N) is 4. The van der Waals surface area contributed by atoms with E-state index < -0.39 is 0 Å². The molecular weight excluding hydrogens is 346 g/mol. The van der Waals surface area contributed by atoms with Crippen molar-refractivity contribution in [1.82, 2.24) is 19.9 Å². The van der Waals surface area contributed by atoms with Gasteiger partial charge >= 0.3 is 0 Å². The van der Waals surface area contributed by atoms with Crippen LogP contribution in [-0.2, 0) is 6.54 Å². The van der Waals surface area contributed by atoms with Gasteiger partial charge < -0.3 is 10.3 Å². The van der Waals surface area contributed by atoms with Gasteiger partial charge in [-0.2, -0.15) is 10.1 Å². The maximum Gasteiger partial charge on any atom is 0.278 e. The molecule has 1 aliphatic rings. The largest absolute Gasteiger partial charge is 0.332 e. The Bertz CT molecular complexity index is 825. The van der Waals surface area contributed by atoms with Crippen molar-refractivity contribution in [3.8, 4) is 23.0 Å². The molecule has 22 heavy (non-hydrogen) atoms. The molecule has 0 saturated heterocycles. The van der Waals surface area contributed by atoms with Crippen LogP contribution in [-0.4, -0.2) is 19.9 Å². The van der Waals surface area contributed by atoms with Crippen LogP contribution in [0.4, 0.5) is 0 Å². The van der Waals surface area contributed by atoms with Crippen LogP contribution in [0.5, 0.6) is 0 Å². The fourth-order valence-corrected chi connectivity index (χ4v) is 3.09. The van der Waals surface area contributed by atoms with E-state index in [2.05, 4.69) is 31.2 Å². The molecule has 1 aliphatic heterocycles. The lowest BCUT2D eigenvalue weighted by Gasteiger charge is -2.19. The van der Waals surface area contributed by atoms with E-state index in [9.17, 15) is 0 Å². The molecule has 0 amide bonds. The Morgan fingerprint density at radius 2 is 2.23 bits per heavy atom. The zero-order valence-corrected chi connectivity index (χ0v) is 13.3. The lowest BCUT2D eigenvalue weighted by Crippen LogP contribution is -2.21. The Labute approximate surface area is 135 Å². The van der Waals surface area contributed by atoms with Crippen LogP contribution in [0.1, 0.15) is 24.6 Å². The zero-order valence-electron chi connectivity index (χ0n) is 11.7. The summed E-state index contributed by atoms with van der Waals surface area (Å²) in [6.45, 7) is 0.885. The van der Waals surface area contributed by atoms with E-state index in [1.807, 2.05) is 35.0 Å². The maximum absolute atomic E-state index is 6.12. The van der Waals surface area contributed by atoms with Crippen molar-refractivity contribution in [3.63, 3.8) is 0 Å². The third kappa shape index (κ3) is 2.36. The molecule has 3 aromatic rings. The van der Waals surface area contributed by atoms with Gasteiger partial charge in [0.2, 0.25) is 5.82 Å². The Morgan fingerprint density at radius 3 is 3.05 bits per heavy atom. The molecule has 0 aliphatic carbocycles. The third-order valence-corrected chi connectivity index (χ3v) is 4.30. The van der Waals surface area contributed by atoms with Crippen molar-refractivity contribution in [3.05, 3.63) is 40.5 Å². The first-order valence-corrected chi connectivity index (χ1v) is 7.93. The first kappa shape index (κ1) is 13.7. The first-order valence-electron chi connectivity index (χ1n) is 7.14. The van der Waals surface area contributed by atoms with Gasteiger partial charge in [-0.3, -0.25) is 4.68 Å². The minimum atomic E-state index is 0.0301. The van der Waals surface area contributed by atoms with E-state index in [0.717, 1.165) is 35.1 Å². The van der Waals surface area contributed by atoms with Crippen LogP contribution < -0.4 is 5.73 Å². The van der Waals surface area contributed by atoms with Crippen LogP contribution in [0.25, 0.3) is 23.0 Å². The normalized spacial score (nSPS) is 17.5. The second-order valence-electron chi connectivity index (χ2n) is 5.36. The Hall–Kier alpha value is -1.99. The summed E-state index contributed by atoms with van der Waals surface area (Å²) < 4.78 is 8.27. The van der Waals surface area contributed by atoms with Gasteiger partial charge in [0.05, 0.1) is 5.69 Å². The van der Waals surface area contributed by atoms with E-state index in [1.165, 1.54) is 0 Å². The number of rotatable bonds is 2. The van der Waals surface area contributed by atoms with Crippen LogP contribution in [0.2, 0.25) is 0 Å². The second-order valence-corrected chi connectivity index (χ2v) is 6.28. The van der Waals surface area contributed by atoms with Crippen molar-refractivity contribution in [1.29, 1.82) is 0 Å². The highest BCUT2D eigenvalue weighted by molar-refractivity contribution is 9.10. The average Bonchev–Trinajstić information content (AvgIpc) is 3.14. The van der Waals surface area contributed by atoms with Crippen LogP contribution in [0, 0.1) is 0 Å². The molecule has 6 nitrogen and oxygen atoms in total. The van der Waals surface area contributed by atoms with Gasteiger partial charge in [0.15, 0.2) is 5.69 Å². The molecule has 112 valence electrons. The maximum atomic E-state index is 6.12. The minimum absolute atomic E-state index is 0.0301. The highest BCUT2D eigenvalue weighted by Gasteiger charge is 2.22. The molecule has 3 heterocycles. The zero-order chi connectivity index (χ0) is 15.1. The third-order valence-electron chi connectivity index (χ3n) is 3.80. The van der Waals surface area contributed by atoms with Gasteiger partial charge in [0.1, 0.15) is 0 Å². The summed E-state index contributed by atoms with van der Waals surface area (Å²) in [7, 11) is 0. The molecule has 1 atom stereocenters. The lowest BCUT2D eigenvalue weighted by atomic mass is 10.1. The topological polar surface area (TPSA) is 82.8 Å². The SMILES string of the molecule is NC1CCCn2nc(-c3nc(-c4cccc(Br)c4)no3)cc21. The molecule has 7 heteroatoms. The van der Waals surface area contributed by atoms with E-state index >= 15 is 0 Å². The van der Waals surface area contributed by atoms with Crippen LogP contribution >= 0.6 is 15.9 Å². The molecule has 0 bridgehead atoms. The molecule has 2 N–H and O–H groups in total. The number of hydrogen-bond donors (Lipinski definition) is 1. The van der Waals surface area contributed by atoms with E-state index in [4.69, 9.17) is 10.3 Å². The Kier molecular flexibility index (Phi) is 3.31. The van der Waals surface area contributed by atoms with Gasteiger partial charge in [-0.25, -0.2) is 0 Å². The first-order chi connectivity index (χ1) is 10.7. The second kappa shape index (κ2) is 5.33. The molecule has 0 saturated carbocycles. The smallest absolute Gasteiger partial charge is 0.278 e. The number of aryl methyl sites for hydroxylation is 1. The highest BCUT2D eigenvalue weighted by Crippen LogP contribution is 2.28. The van der Waals surface area contributed by atoms with Gasteiger partial charge in [-0.15, -0.1) is 0 Å². The number of fused-ring (bicyclic) bond motifs is 1. The standard InChI is InChI=1S/C15H14BrN5O/c16-10-4-1-3-9(7-10)14-18-15(22-20-14)12-8-13-11(17)5-2-6-21(13)19-12/h1,3-4,7-8,11H,2,5-6,17H2. The van der Waals surface area contributed by atoms with E-state index in [1.54, 1.807) is 0 Å². The Balaban J connectivity index is 1.70. The van der Waals surface area contributed by atoms with E-state index in [0.29, 0.717) is 17.4 Å². The molecule has 4 rings (SSSR count). The van der Waals surface area contributed by atoms with Gasteiger partial charge in [-0.1, -0.05) is 33.2 Å². The summed E-state index contributed by atoms with van der Waals surface area (Å²) in [5.41, 5.74) is 8.72. The highest BCUT2D eigenvalue weighted by atomic mass is 79.9. The van der Waals surface area contributed by atoms with Gasteiger partial charge in [0, 0.05) is 22.6 Å². The number of nitrogens with two attached hydrogens (primary N) is 1. The average molecular weight is 360 g/mol. The van der Waals surface area contributed by atoms with Gasteiger partial charge in [0.25, 0.3) is 5.89 Å². The summed E-state index contributed by atoms with van der Waals surface area (Å²) in [6.07, 6.45) is 2.03. The summed E-state index contributed by atoms with van der Waals surface area (Å²) in [4.78, 5) is 4.45. The summed E-state index contributed by atoms with van der Waals surface area (Å²) in [6, 6.07) is 9.75. The number of halogens is 1.